The van der Waals surface area contributed by atoms with Crippen molar-refractivity contribution < 1.29 is 0 Å². The van der Waals surface area contributed by atoms with Gasteiger partial charge in [0.25, 0.3) is 0 Å². The highest BCUT2D eigenvalue weighted by Gasteiger charge is 2.23. The maximum absolute atomic E-state index is 5.92. The van der Waals surface area contributed by atoms with E-state index in [9.17, 15) is 0 Å². The first kappa shape index (κ1) is 9.37. The van der Waals surface area contributed by atoms with E-state index in [1.54, 1.807) is 0 Å². The molecule has 0 bridgehead atoms. The first-order valence-electron chi connectivity index (χ1n) is 4.44. The van der Waals surface area contributed by atoms with E-state index in [1.165, 1.54) is 30.8 Å². The van der Waals surface area contributed by atoms with E-state index in [0.29, 0.717) is 0 Å². The molecule has 72 valence electrons. The molecule has 0 spiro atoms. The highest BCUT2D eigenvalue weighted by molar-refractivity contribution is 7.10. The largest absolute Gasteiger partial charge is 0.297 e. The third-order valence-corrected chi connectivity index (χ3v) is 3.59. The lowest BCUT2D eigenvalue weighted by Crippen LogP contribution is -2.36. The third kappa shape index (κ3) is 2.00. The lowest BCUT2D eigenvalue weighted by Gasteiger charge is -2.34. The highest BCUT2D eigenvalue weighted by atomic mass is 35.5. The number of aromatic nitrogens is 2. The molecule has 0 saturated heterocycles. The molecule has 2 rings (SSSR count). The number of hydrogen-bond acceptors (Lipinski definition) is 4. The predicted molar refractivity (Wildman–Crippen MR) is 54.0 cm³/mol. The van der Waals surface area contributed by atoms with Crippen LogP contribution in [0.15, 0.2) is 0 Å². The van der Waals surface area contributed by atoms with Gasteiger partial charge >= 0.3 is 0 Å². The van der Waals surface area contributed by atoms with Crippen molar-refractivity contribution >= 4 is 23.1 Å². The Bertz CT molecular complexity index is 285. The van der Waals surface area contributed by atoms with Crippen LogP contribution in [0.25, 0.3) is 0 Å². The van der Waals surface area contributed by atoms with Crippen molar-refractivity contribution in [2.24, 2.45) is 0 Å². The summed E-state index contributed by atoms with van der Waals surface area (Å²) in [6, 6.07) is 0.734. The summed E-state index contributed by atoms with van der Waals surface area (Å²) in [6.45, 7) is 0.833. The number of rotatable bonds is 3. The van der Waals surface area contributed by atoms with Crippen LogP contribution < -0.4 is 0 Å². The van der Waals surface area contributed by atoms with E-state index >= 15 is 0 Å². The number of halogens is 1. The minimum Gasteiger partial charge on any atom is -0.297 e. The molecule has 0 aromatic carbocycles. The Morgan fingerprint density at radius 2 is 2.38 bits per heavy atom. The Morgan fingerprint density at radius 1 is 1.62 bits per heavy atom. The van der Waals surface area contributed by atoms with E-state index in [4.69, 9.17) is 11.6 Å². The van der Waals surface area contributed by atoms with Gasteiger partial charge in [-0.2, -0.15) is 0 Å². The average Bonchev–Trinajstić information content (AvgIpc) is 2.32. The van der Waals surface area contributed by atoms with Crippen LogP contribution in [0, 0.1) is 0 Å². The zero-order chi connectivity index (χ0) is 9.26. The summed E-state index contributed by atoms with van der Waals surface area (Å²) in [5.41, 5.74) is 0.918. The van der Waals surface area contributed by atoms with Crippen molar-refractivity contribution in [2.45, 2.75) is 31.8 Å². The fourth-order valence-electron chi connectivity index (χ4n) is 1.48. The molecule has 1 aliphatic rings. The molecule has 5 heteroatoms. The quantitative estimate of drug-likeness (QED) is 0.777. The summed E-state index contributed by atoms with van der Waals surface area (Å²) in [4.78, 5) is 2.31. The fourth-order valence-corrected chi connectivity index (χ4v) is 2.10. The summed E-state index contributed by atoms with van der Waals surface area (Å²) in [5.74, 6) is 0. The highest BCUT2D eigenvalue weighted by Crippen LogP contribution is 2.26. The monoisotopic (exact) mass is 217 g/mol. The lowest BCUT2D eigenvalue weighted by molar-refractivity contribution is 0.151. The summed E-state index contributed by atoms with van der Waals surface area (Å²) in [5, 5.41) is 3.99. The van der Waals surface area contributed by atoms with Gasteiger partial charge in [-0.15, -0.1) is 5.10 Å². The molecule has 13 heavy (non-hydrogen) atoms. The van der Waals surface area contributed by atoms with Crippen molar-refractivity contribution in [3.05, 3.63) is 10.0 Å². The molecule has 1 fully saturated rings. The molecule has 0 radical (unpaired) electrons. The average molecular weight is 218 g/mol. The van der Waals surface area contributed by atoms with Gasteiger partial charge in [0.2, 0.25) is 0 Å². The Balaban J connectivity index is 1.93. The van der Waals surface area contributed by atoms with Gasteiger partial charge in [-0.25, -0.2) is 0 Å². The molecule has 1 aliphatic carbocycles. The second-order valence-electron chi connectivity index (χ2n) is 3.49. The maximum atomic E-state index is 5.92. The minimum absolute atomic E-state index is 0.728. The first-order valence-corrected chi connectivity index (χ1v) is 5.59. The van der Waals surface area contributed by atoms with Gasteiger partial charge in [-0.1, -0.05) is 22.5 Å². The second-order valence-corrected chi connectivity index (χ2v) is 4.85. The van der Waals surface area contributed by atoms with Crippen molar-refractivity contribution in [3.63, 3.8) is 0 Å². The summed E-state index contributed by atoms with van der Waals surface area (Å²) < 4.78 is 4.54. The van der Waals surface area contributed by atoms with Gasteiger partial charge in [0.15, 0.2) is 0 Å². The van der Waals surface area contributed by atoms with Gasteiger partial charge in [0, 0.05) is 24.1 Å². The molecule has 1 heterocycles. The standard InChI is InChI=1S/C8H12ClN3S/c1-12(6-3-2-4-6)5-7-8(9)13-11-10-7/h6H,2-5H2,1H3. The van der Waals surface area contributed by atoms with Crippen LogP contribution in [0.2, 0.25) is 4.34 Å². The molecule has 0 amide bonds. The Labute approximate surface area is 86.9 Å². The summed E-state index contributed by atoms with van der Waals surface area (Å²) in [7, 11) is 2.12. The van der Waals surface area contributed by atoms with E-state index in [-0.39, 0.29) is 0 Å². The van der Waals surface area contributed by atoms with E-state index in [0.717, 1.165) is 22.6 Å². The van der Waals surface area contributed by atoms with Gasteiger partial charge < -0.3 is 0 Å². The van der Waals surface area contributed by atoms with Crippen molar-refractivity contribution in [2.75, 3.05) is 7.05 Å². The smallest absolute Gasteiger partial charge is 0.138 e. The van der Waals surface area contributed by atoms with Crippen LogP contribution in [0.3, 0.4) is 0 Å². The summed E-state index contributed by atoms with van der Waals surface area (Å²) >= 11 is 7.18. The first-order chi connectivity index (χ1) is 6.27. The number of nitrogens with zero attached hydrogens (tertiary/aromatic N) is 3. The molecule has 0 atom stereocenters. The lowest BCUT2D eigenvalue weighted by atomic mass is 9.92. The van der Waals surface area contributed by atoms with E-state index in [1.807, 2.05) is 0 Å². The molecule has 1 aromatic rings. The maximum Gasteiger partial charge on any atom is 0.138 e. The normalized spacial score (nSPS) is 17.8. The zero-order valence-electron chi connectivity index (χ0n) is 7.53. The number of hydrogen-bond donors (Lipinski definition) is 0. The van der Waals surface area contributed by atoms with Gasteiger partial charge in [0.1, 0.15) is 10.0 Å². The Hall–Kier alpha value is -0.190. The molecule has 1 aromatic heterocycles. The molecular weight excluding hydrogens is 206 g/mol. The van der Waals surface area contributed by atoms with Crippen LogP contribution in [0.5, 0.6) is 0 Å². The minimum atomic E-state index is 0.728. The van der Waals surface area contributed by atoms with Gasteiger partial charge in [0.05, 0.1) is 0 Å². The van der Waals surface area contributed by atoms with Crippen molar-refractivity contribution in [1.82, 2.24) is 14.5 Å². The molecule has 0 N–H and O–H groups in total. The molecule has 0 aliphatic heterocycles. The van der Waals surface area contributed by atoms with E-state index in [2.05, 4.69) is 21.5 Å². The molecule has 1 saturated carbocycles. The van der Waals surface area contributed by atoms with Crippen LogP contribution in [-0.2, 0) is 6.54 Å². The van der Waals surface area contributed by atoms with Crippen molar-refractivity contribution in [1.29, 1.82) is 0 Å². The van der Waals surface area contributed by atoms with Crippen LogP contribution >= 0.6 is 23.1 Å². The van der Waals surface area contributed by atoms with E-state index < -0.39 is 0 Å². The van der Waals surface area contributed by atoms with Gasteiger partial charge in [-0.05, 0) is 19.9 Å². The van der Waals surface area contributed by atoms with Crippen LogP contribution in [0.4, 0.5) is 0 Å². The fraction of sp³-hybridized carbons (Fsp3) is 0.750. The SMILES string of the molecule is CN(Cc1nnsc1Cl)C1CCC1. The third-order valence-electron chi connectivity index (χ3n) is 2.61. The Kier molecular flexibility index (Phi) is 2.81. The summed E-state index contributed by atoms with van der Waals surface area (Å²) in [6.07, 6.45) is 3.98. The second kappa shape index (κ2) is 3.90. The van der Waals surface area contributed by atoms with Crippen LogP contribution in [-0.4, -0.2) is 27.6 Å². The molecule has 3 nitrogen and oxygen atoms in total. The predicted octanol–water partition coefficient (Wildman–Crippen LogP) is 2.18. The topological polar surface area (TPSA) is 29.0 Å². The zero-order valence-corrected chi connectivity index (χ0v) is 9.11. The van der Waals surface area contributed by atoms with Crippen molar-refractivity contribution in [3.8, 4) is 0 Å². The Morgan fingerprint density at radius 3 is 2.85 bits per heavy atom. The van der Waals surface area contributed by atoms with Gasteiger partial charge in [-0.3, -0.25) is 4.90 Å². The molecule has 0 unspecified atom stereocenters. The van der Waals surface area contributed by atoms with Crippen LogP contribution in [0.1, 0.15) is 25.0 Å². The molecular formula is C8H12ClN3S.